The molecule has 36 heavy (non-hydrogen) atoms. The van der Waals surface area contributed by atoms with Gasteiger partial charge in [-0.25, -0.2) is 4.68 Å². The second kappa shape index (κ2) is 10.4. The first kappa shape index (κ1) is 24.4. The first-order valence-electron chi connectivity index (χ1n) is 12.7. The number of hydrogen-bond acceptors (Lipinski definition) is 7. The third-order valence-electron chi connectivity index (χ3n) is 7.08. The minimum atomic E-state index is -0.139. The fraction of sp³-hybridized carbons (Fsp3) is 0.481. The smallest absolute Gasteiger partial charge is 0.252 e. The van der Waals surface area contributed by atoms with Gasteiger partial charge < -0.3 is 14.1 Å². The van der Waals surface area contributed by atoms with Gasteiger partial charge in [-0.2, -0.15) is 0 Å². The molecule has 3 aromatic heterocycles. The first-order chi connectivity index (χ1) is 17.4. The summed E-state index contributed by atoms with van der Waals surface area (Å²) in [7, 11) is 0. The molecular weight excluding hydrogens is 456 g/mol. The number of H-pyrrole nitrogens is 1. The van der Waals surface area contributed by atoms with Crippen molar-refractivity contribution in [1.82, 2.24) is 30.1 Å². The van der Waals surface area contributed by atoms with Gasteiger partial charge in [0.1, 0.15) is 5.76 Å². The molecule has 0 saturated carbocycles. The molecule has 0 spiro atoms. The van der Waals surface area contributed by atoms with E-state index in [1.807, 2.05) is 35.9 Å². The molecule has 9 heteroatoms. The molecule has 9 nitrogen and oxygen atoms in total. The van der Waals surface area contributed by atoms with Crippen LogP contribution in [0.2, 0.25) is 0 Å². The fourth-order valence-electron chi connectivity index (χ4n) is 5.23. The molecule has 2 unspecified atom stereocenters. The Hall–Kier alpha value is -3.30. The Labute approximate surface area is 210 Å². The number of nitrogens with zero attached hydrogens (tertiary/aromatic N) is 5. The molecule has 1 saturated heterocycles. The number of aryl methyl sites for hydroxylation is 2. The molecule has 0 radical (unpaired) electrons. The Morgan fingerprint density at radius 1 is 1.19 bits per heavy atom. The number of hydrogen-bond donors (Lipinski definition) is 1. The summed E-state index contributed by atoms with van der Waals surface area (Å²) in [4.78, 5) is 18.6. The van der Waals surface area contributed by atoms with Gasteiger partial charge in [0, 0.05) is 24.1 Å². The molecule has 0 amide bonds. The Balaban J connectivity index is 1.54. The minimum Gasteiger partial charge on any atom is -0.468 e. The van der Waals surface area contributed by atoms with Crippen LogP contribution in [0, 0.1) is 19.8 Å². The number of pyridine rings is 1. The zero-order valence-electron chi connectivity index (χ0n) is 21.4. The van der Waals surface area contributed by atoms with E-state index in [2.05, 4.69) is 52.2 Å². The van der Waals surface area contributed by atoms with E-state index < -0.39 is 0 Å². The van der Waals surface area contributed by atoms with Crippen molar-refractivity contribution in [3.05, 3.63) is 75.2 Å². The Bertz CT molecular complexity index is 1370. The van der Waals surface area contributed by atoms with Crippen molar-refractivity contribution in [2.75, 3.05) is 6.61 Å². The number of nitrogens with one attached hydrogen (secondary N) is 1. The zero-order chi connectivity index (χ0) is 25.2. The molecule has 1 aliphatic rings. The Morgan fingerprint density at radius 2 is 2.03 bits per heavy atom. The average Bonchev–Trinajstić information content (AvgIpc) is 3.62. The predicted molar refractivity (Wildman–Crippen MR) is 136 cm³/mol. The maximum absolute atomic E-state index is 13.2. The highest BCUT2D eigenvalue weighted by molar-refractivity contribution is 5.85. The molecule has 4 heterocycles. The summed E-state index contributed by atoms with van der Waals surface area (Å²) in [5.41, 5.74) is 3.70. The van der Waals surface area contributed by atoms with E-state index in [-0.39, 0.29) is 23.6 Å². The molecule has 0 aliphatic carbocycles. The molecule has 4 aromatic rings. The van der Waals surface area contributed by atoms with Crippen LogP contribution in [0.3, 0.4) is 0 Å². The third-order valence-corrected chi connectivity index (χ3v) is 7.08. The van der Waals surface area contributed by atoms with Gasteiger partial charge >= 0.3 is 0 Å². The molecule has 0 bridgehead atoms. The SMILES string of the molecule is Cc1ccc(C)c2[nH]c(=O)c(CN(Cc3ccco3)C(c3nnnn3CC3CCCO3)C(C)C)cc12. The van der Waals surface area contributed by atoms with E-state index in [9.17, 15) is 4.79 Å². The molecule has 1 N–H and O–H groups in total. The number of rotatable bonds is 9. The predicted octanol–water partition coefficient (Wildman–Crippen LogP) is 4.30. The van der Waals surface area contributed by atoms with Gasteiger partial charge in [-0.15, -0.1) is 5.10 Å². The molecule has 2 atom stereocenters. The second-order valence-corrected chi connectivity index (χ2v) is 10.1. The van der Waals surface area contributed by atoms with E-state index >= 15 is 0 Å². The summed E-state index contributed by atoms with van der Waals surface area (Å²) in [5, 5.41) is 13.8. The van der Waals surface area contributed by atoms with Crippen LogP contribution in [0.1, 0.15) is 61.0 Å². The van der Waals surface area contributed by atoms with E-state index in [4.69, 9.17) is 9.15 Å². The monoisotopic (exact) mass is 490 g/mol. The van der Waals surface area contributed by atoms with Crippen molar-refractivity contribution in [2.45, 2.75) is 72.3 Å². The lowest BCUT2D eigenvalue weighted by molar-refractivity contribution is 0.0836. The highest BCUT2D eigenvalue weighted by Gasteiger charge is 2.31. The largest absolute Gasteiger partial charge is 0.468 e. The van der Waals surface area contributed by atoms with Crippen LogP contribution < -0.4 is 5.56 Å². The maximum Gasteiger partial charge on any atom is 0.252 e. The molecule has 1 aromatic carbocycles. The maximum atomic E-state index is 13.2. The third kappa shape index (κ3) is 4.99. The van der Waals surface area contributed by atoms with E-state index in [0.717, 1.165) is 53.1 Å². The fourth-order valence-corrected chi connectivity index (χ4v) is 5.23. The lowest BCUT2D eigenvalue weighted by Crippen LogP contribution is -2.35. The average molecular weight is 491 g/mol. The van der Waals surface area contributed by atoms with Gasteiger partial charge in [0.05, 0.1) is 37.0 Å². The van der Waals surface area contributed by atoms with Gasteiger partial charge in [0.15, 0.2) is 5.82 Å². The Morgan fingerprint density at radius 3 is 2.75 bits per heavy atom. The summed E-state index contributed by atoms with van der Waals surface area (Å²) in [6, 6.07) is 9.86. The molecule has 5 rings (SSSR count). The standard InChI is InChI=1S/C27H34N6O3/c1-17(2)25(26-29-30-31-33(26)16-22-8-6-12-36-22)32(15-21-7-5-11-35-21)14-20-13-23-18(3)9-10-19(4)24(23)28-27(20)34/h5,7,9-11,13,17,22,25H,6,8,12,14-16H2,1-4H3,(H,28,34). The van der Waals surface area contributed by atoms with Crippen LogP contribution in [-0.4, -0.2) is 42.8 Å². The number of aromatic amines is 1. The summed E-state index contributed by atoms with van der Waals surface area (Å²) in [5.74, 6) is 1.78. The topological polar surface area (TPSA) is 102 Å². The van der Waals surface area contributed by atoms with Crippen molar-refractivity contribution in [3.8, 4) is 0 Å². The lowest BCUT2D eigenvalue weighted by atomic mass is 9.99. The van der Waals surface area contributed by atoms with Crippen LogP contribution in [0.5, 0.6) is 0 Å². The van der Waals surface area contributed by atoms with Crippen molar-refractivity contribution < 1.29 is 9.15 Å². The van der Waals surface area contributed by atoms with Crippen molar-refractivity contribution >= 4 is 10.9 Å². The quantitative estimate of drug-likeness (QED) is 0.373. The van der Waals surface area contributed by atoms with Crippen LogP contribution >= 0.6 is 0 Å². The molecule has 190 valence electrons. The highest BCUT2D eigenvalue weighted by atomic mass is 16.5. The number of aromatic nitrogens is 5. The zero-order valence-corrected chi connectivity index (χ0v) is 21.4. The number of benzene rings is 1. The minimum absolute atomic E-state index is 0.0814. The van der Waals surface area contributed by atoms with Crippen molar-refractivity contribution in [2.24, 2.45) is 5.92 Å². The van der Waals surface area contributed by atoms with Crippen molar-refractivity contribution in [3.63, 3.8) is 0 Å². The van der Waals surface area contributed by atoms with Gasteiger partial charge in [-0.05, 0) is 72.4 Å². The lowest BCUT2D eigenvalue weighted by Gasteiger charge is -2.33. The number of fused-ring (bicyclic) bond motifs is 1. The van der Waals surface area contributed by atoms with Gasteiger partial charge in [0.2, 0.25) is 0 Å². The Kier molecular flexibility index (Phi) is 7.02. The van der Waals surface area contributed by atoms with Crippen LogP contribution in [0.4, 0.5) is 0 Å². The van der Waals surface area contributed by atoms with Gasteiger partial charge in [0.25, 0.3) is 5.56 Å². The van der Waals surface area contributed by atoms with E-state index in [1.165, 1.54) is 0 Å². The first-order valence-corrected chi connectivity index (χ1v) is 12.7. The molecular formula is C27H34N6O3. The summed E-state index contributed by atoms with van der Waals surface area (Å²) in [6.07, 6.45) is 3.86. The van der Waals surface area contributed by atoms with E-state index in [1.54, 1.807) is 6.26 Å². The van der Waals surface area contributed by atoms with E-state index in [0.29, 0.717) is 25.2 Å². The summed E-state index contributed by atoms with van der Waals surface area (Å²) in [6.45, 7) is 10.7. The highest BCUT2D eigenvalue weighted by Crippen LogP contribution is 2.31. The number of ether oxygens (including phenoxy) is 1. The van der Waals surface area contributed by atoms with Gasteiger partial charge in [-0.1, -0.05) is 26.0 Å². The summed E-state index contributed by atoms with van der Waals surface area (Å²) < 4.78 is 13.4. The number of tetrazole rings is 1. The second-order valence-electron chi connectivity index (χ2n) is 10.1. The number of furan rings is 1. The van der Waals surface area contributed by atoms with Crippen LogP contribution in [0.15, 0.2) is 45.8 Å². The summed E-state index contributed by atoms with van der Waals surface area (Å²) >= 11 is 0. The van der Waals surface area contributed by atoms with Crippen LogP contribution in [-0.2, 0) is 24.4 Å². The molecule has 1 aliphatic heterocycles. The van der Waals surface area contributed by atoms with Crippen LogP contribution in [0.25, 0.3) is 10.9 Å². The normalized spacial score (nSPS) is 17.0. The molecule has 1 fully saturated rings. The van der Waals surface area contributed by atoms with Gasteiger partial charge in [-0.3, -0.25) is 9.69 Å². The van der Waals surface area contributed by atoms with Crippen molar-refractivity contribution in [1.29, 1.82) is 0 Å².